The van der Waals surface area contributed by atoms with Crippen LogP contribution in [0.2, 0.25) is 0 Å². The van der Waals surface area contributed by atoms with Crippen molar-refractivity contribution in [2.24, 2.45) is 0 Å². The van der Waals surface area contributed by atoms with Gasteiger partial charge in [0.2, 0.25) is 5.91 Å². The maximum absolute atomic E-state index is 12.1. The molecule has 3 rings (SSSR count). The number of amides is 1. The predicted molar refractivity (Wildman–Crippen MR) is 101 cm³/mol. The monoisotopic (exact) mass is 376 g/mol. The molecule has 0 atom stereocenters. The average Bonchev–Trinajstić information content (AvgIpc) is 2.94. The molecule has 3 aromatic rings. The lowest BCUT2D eigenvalue weighted by molar-refractivity contribution is -0.113. The van der Waals surface area contributed by atoms with Gasteiger partial charge in [-0.3, -0.25) is 4.79 Å². The zero-order valence-electron chi connectivity index (χ0n) is 13.4. The van der Waals surface area contributed by atoms with E-state index < -0.39 is 0 Å². The second-order valence-corrected chi connectivity index (χ2v) is 6.89. The van der Waals surface area contributed by atoms with E-state index >= 15 is 0 Å². The third-order valence-corrected chi connectivity index (χ3v) is 4.78. The minimum Gasteiger partial charge on any atom is -0.494 e. The minimum atomic E-state index is -0.210. The topological polar surface area (TPSA) is 129 Å². The summed E-state index contributed by atoms with van der Waals surface area (Å²) in [6, 6.07) is 7.09. The number of nitrogen functional groups attached to an aromatic ring is 2. The molecule has 0 aliphatic carbocycles. The first kappa shape index (κ1) is 17.2. The molecule has 0 aliphatic rings. The first-order valence-corrected chi connectivity index (χ1v) is 9.20. The fraction of sp³-hybridized carbons (Fsp3) is 0.200. The number of rotatable bonds is 6. The van der Waals surface area contributed by atoms with Gasteiger partial charge in [-0.25, -0.2) is 15.0 Å². The van der Waals surface area contributed by atoms with Crippen molar-refractivity contribution >= 4 is 56.0 Å². The number of nitrogens with one attached hydrogen (secondary N) is 1. The molecule has 0 saturated heterocycles. The summed E-state index contributed by atoms with van der Waals surface area (Å²) in [4.78, 5) is 24.5. The molecule has 0 spiro atoms. The van der Waals surface area contributed by atoms with Crippen molar-refractivity contribution in [3.8, 4) is 5.75 Å². The van der Waals surface area contributed by atoms with Gasteiger partial charge in [0.05, 0.1) is 22.6 Å². The number of carbonyl (C=O) groups excluding carboxylic acids is 1. The largest absolute Gasteiger partial charge is 0.494 e. The molecule has 130 valence electrons. The number of hydrogen-bond donors (Lipinski definition) is 3. The van der Waals surface area contributed by atoms with E-state index in [2.05, 4.69) is 20.3 Å². The summed E-state index contributed by atoms with van der Waals surface area (Å²) >= 11 is 2.54. The Balaban J connectivity index is 1.63. The van der Waals surface area contributed by atoms with Crippen LogP contribution in [0.25, 0.3) is 10.2 Å². The number of nitrogens with two attached hydrogens (primary N) is 2. The Morgan fingerprint density at radius 1 is 1.24 bits per heavy atom. The second-order valence-electron chi connectivity index (χ2n) is 4.92. The average molecular weight is 376 g/mol. The van der Waals surface area contributed by atoms with E-state index in [4.69, 9.17) is 16.2 Å². The van der Waals surface area contributed by atoms with E-state index in [9.17, 15) is 4.79 Å². The summed E-state index contributed by atoms with van der Waals surface area (Å²) in [5.41, 5.74) is 12.0. The molecule has 0 aliphatic heterocycles. The number of thioether (sulfide) groups is 1. The van der Waals surface area contributed by atoms with Crippen molar-refractivity contribution < 1.29 is 9.53 Å². The minimum absolute atomic E-state index is 0.128. The Morgan fingerprint density at radius 2 is 2.00 bits per heavy atom. The van der Waals surface area contributed by atoms with E-state index in [1.165, 1.54) is 17.4 Å². The number of ether oxygens (including phenoxy) is 1. The van der Waals surface area contributed by atoms with Crippen LogP contribution in [0.1, 0.15) is 6.92 Å². The summed E-state index contributed by atoms with van der Waals surface area (Å²) in [6.07, 6.45) is 0. The van der Waals surface area contributed by atoms with Gasteiger partial charge in [0.25, 0.3) is 0 Å². The lowest BCUT2D eigenvalue weighted by Crippen LogP contribution is -2.14. The molecule has 10 heteroatoms. The lowest BCUT2D eigenvalue weighted by Gasteiger charge is -2.02. The van der Waals surface area contributed by atoms with Gasteiger partial charge in [0, 0.05) is 6.07 Å². The van der Waals surface area contributed by atoms with E-state index in [-0.39, 0.29) is 23.3 Å². The third-order valence-electron chi connectivity index (χ3n) is 2.99. The number of fused-ring (bicyclic) bond motifs is 1. The van der Waals surface area contributed by atoms with Crippen LogP contribution in [0.4, 0.5) is 16.8 Å². The highest BCUT2D eigenvalue weighted by Crippen LogP contribution is 2.29. The normalized spacial score (nSPS) is 10.8. The molecule has 0 unspecified atom stereocenters. The number of nitrogens with zero attached hydrogens (tertiary/aromatic N) is 3. The van der Waals surface area contributed by atoms with Gasteiger partial charge in [-0.1, -0.05) is 23.1 Å². The van der Waals surface area contributed by atoms with Gasteiger partial charge in [0.1, 0.15) is 17.4 Å². The van der Waals surface area contributed by atoms with Crippen molar-refractivity contribution in [2.45, 2.75) is 12.1 Å². The van der Waals surface area contributed by atoms with Gasteiger partial charge in [-0.2, -0.15) is 0 Å². The SMILES string of the molecule is CCOc1ccc2nc(NC(=O)CSc3nc(N)cc(N)n3)sc2c1. The van der Waals surface area contributed by atoms with Crippen molar-refractivity contribution in [3.05, 3.63) is 24.3 Å². The van der Waals surface area contributed by atoms with Crippen molar-refractivity contribution in [3.63, 3.8) is 0 Å². The molecule has 1 amide bonds. The Labute approximate surface area is 152 Å². The molecule has 0 saturated carbocycles. The fourth-order valence-corrected chi connectivity index (χ4v) is 3.61. The van der Waals surface area contributed by atoms with Gasteiger partial charge < -0.3 is 21.5 Å². The first-order chi connectivity index (χ1) is 12.0. The van der Waals surface area contributed by atoms with Gasteiger partial charge >= 0.3 is 0 Å². The smallest absolute Gasteiger partial charge is 0.236 e. The van der Waals surface area contributed by atoms with Crippen molar-refractivity contribution in [2.75, 3.05) is 29.1 Å². The van der Waals surface area contributed by atoms with Crippen LogP contribution in [-0.2, 0) is 4.79 Å². The maximum atomic E-state index is 12.1. The summed E-state index contributed by atoms with van der Waals surface area (Å²) < 4.78 is 6.41. The van der Waals surface area contributed by atoms with Crippen LogP contribution in [0, 0.1) is 0 Å². The fourth-order valence-electron chi connectivity index (χ4n) is 2.03. The highest BCUT2D eigenvalue weighted by molar-refractivity contribution is 7.99. The molecule has 25 heavy (non-hydrogen) atoms. The van der Waals surface area contributed by atoms with Crippen LogP contribution >= 0.6 is 23.1 Å². The van der Waals surface area contributed by atoms with Crippen LogP contribution in [0.5, 0.6) is 5.75 Å². The summed E-state index contributed by atoms with van der Waals surface area (Å²) in [5, 5.41) is 3.66. The number of aromatic nitrogens is 3. The molecular formula is C15H16N6O2S2. The van der Waals surface area contributed by atoms with Gasteiger partial charge in [-0.15, -0.1) is 0 Å². The number of carbonyl (C=O) groups is 1. The highest BCUT2D eigenvalue weighted by Gasteiger charge is 2.10. The summed E-state index contributed by atoms with van der Waals surface area (Å²) in [5.74, 6) is 1.24. The molecule has 0 fully saturated rings. The van der Waals surface area contributed by atoms with Crippen LogP contribution in [0.15, 0.2) is 29.4 Å². The number of anilines is 3. The Bertz CT molecular complexity index is 894. The lowest BCUT2D eigenvalue weighted by atomic mass is 10.3. The molecule has 5 N–H and O–H groups in total. The molecule has 2 heterocycles. The summed E-state index contributed by atoms with van der Waals surface area (Å²) in [6.45, 7) is 2.53. The summed E-state index contributed by atoms with van der Waals surface area (Å²) in [7, 11) is 0. The number of benzene rings is 1. The molecule has 0 radical (unpaired) electrons. The van der Waals surface area contributed by atoms with E-state index in [1.807, 2.05) is 25.1 Å². The first-order valence-electron chi connectivity index (χ1n) is 7.39. The Morgan fingerprint density at radius 3 is 2.72 bits per heavy atom. The molecule has 0 bridgehead atoms. The van der Waals surface area contributed by atoms with E-state index in [1.54, 1.807) is 0 Å². The van der Waals surface area contributed by atoms with Gasteiger partial charge in [0.15, 0.2) is 10.3 Å². The molecule has 8 nitrogen and oxygen atoms in total. The Hall–Kier alpha value is -2.59. The van der Waals surface area contributed by atoms with Crippen molar-refractivity contribution in [1.29, 1.82) is 0 Å². The second kappa shape index (κ2) is 7.53. The highest BCUT2D eigenvalue weighted by atomic mass is 32.2. The van der Waals surface area contributed by atoms with Crippen LogP contribution in [0.3, 0.4) is 0 Å². The Kier molecular flexibility index (Phi) is 5.19. The molecule has 2 aromatic heterocycles. The third kappa shape index (κ3) is 4.48. The van der Waals surface area contributed by atoms with Crippen LogP contribution < -0.4 is 21.5 Å². The number of hydrogen-bond acceptors (Lipinski definition) is 9. The van der Waals surface area contributed by atoms with Crippen LogP contribution in [-0.4, -0.2) is 33.2 Å². The molecular weight excluding hydrogens is 360 g/mol. The zero-order valence-corrected chi connectivity index (χ0v) is 15.0. The van der Waals surface area contributed by atoms with E-state index in [0.717, 1.165) is 27.7 Å². The predicted octanol–water partition coefficient (Wildman–Crippen LogP) is 2.38. The zero-order chi connectivity index (χ0) is 17.8. The standard InChI is InChI=1S/C15H16N6O2S2/c1-2-23-8-3-4-9-10(5-8)25-15(18-9)21-13(22)7-24-14-19-11(16)6-12(17)20-14/h3-6H,2,7H2,1H3,(H,18,21,22)(H4,16,17,19,20). The van der Waals surface area contributed by atoms with Gasteiger partial charge in [-0.05, 0) is 25.1 Å². The quantitative estimate of drug-likeness (QED) is 0.442. The van der Waals surface area contributed by atoms with E-state index in [0.29, 0.717) is 16.9 Å². The molecule has 1 aromatic carbocycles. The van der Waals surface area contributed by atoms with Crippen molar-refractivity contribution in [1.82, 2.24) is 15.0 Å². The maximum Gasteiger partial charge on any atom is 0.236 e. The number of thiazole rings is 1.